The Bertz CT molecular complexity index is 1990. The van der Waals surface area contributed by atoms with Crippen molar-refractivity contribution in [1.82, 2.24) is 5.32 Å². The lowest BCUT2D eigenvalue weighted by molar-refractivity contribution is -0.308. The van der Waals surface area contributed by atoms with Crippen molar-refractivity contribution >= 4 is 23.8 Å². The average molecular weight is 1070 g/mol. The number of nitrogens with two attached hydrogens (primary N) is 1. The normalized spacial score (nSPS) is 42.6. The topological polar surface area (TPSA) is 375 Å². The maximum absolute atomic E-state index is 12.6. The van der Waals surface area contributed by atoms with Crippen molar-refractivity contribution in [3.63, 3.8) is 0 Å². The summed E-state index contributed by atoms with van der Waals surface area (Å²) < 4.78 is 27.6. The Balaban J connectivity index is 0.00000132. The molecule has 3 saturated heterocycles. The number of methoxy groups -OCH3 is 1. The van der Waals surface area contributed by atoms with Crippen LogP contribution in [0.25, 0.3) is 0 Å². The number of aliphatic hydroxyl groups is 10. The molecule has 3 fully saturated rings. The summed E-state index contributed by atoms with van der Waals surface area (Å²) in [5.41, 5.74) is 6.02. The standard InChI is InChI=1S/C47H73NO17.C6H9NO3/c1-27-17-15-13-11-9-7-5-6-8-10-12-14-16-18-34(64-46-44(58)41(48)43(57)30(4)63-46)24-38-40(45(59)60)37(54)26-47(61,65-38)25-33(51)22-36(53)35(52)20-19-31(49)21-32(50)23-39(55)62-29(3)28(2)42(27)56;1-10-6(9)4-2-3-5(8)7-4/h5-18,27-38,40-44,46,49-54,56-58,61H,19-26,48H2,1-4H3,(H,59,60);4H,2-3H2,1H3,(H,7,8)/b6-5+,9-7+,10-8+,13-11+,14-12+,17-15+,18-16+;/t27?,28-,29-,30+,31+,32+,33-,34-,35+,36+,37-,38-,40?,41-,42+,43+,44-,46-,47?;4-/m00/s1. The van der Waals surface area contributed by atoms with Crippen LogP contribution in [0.3, 0.4) is 0 Å². The van der Waals surface area contributed by atoms with Crippen molar-refractivity contribution in [2.75, 3.05) is 7.11 Å². The van der Waals surface area contributed by atoms with E-state index in [4.69, 9.17) is 24.7 Å². The predicted octanol–water partition coefficient (Wildman–Crippen LogP) is 0.150. The molecule has 75 heavy (non-hydrogen) atoms. The fourth-order valence-corrected chi connectivity index (χ4v) is 8.90. The van der Waals surface area contributed by atoms with Crippen LogP contribution in [0.2, 0.25) is 0 Å². The van der Waals surface area contributed by atoms with Crippen LogP contribution < -0.4 is 11.1 Å². The third-order valence-electron chi connectivity index (χ3n) is 13.5. The molecule has 0 aromatic carbocycles. The molecule has 3 unspecified atom stereocenters. The number of carbonyl (C=O) groups excluding carboxylic acids is 3. The van der Waals surface area contributed by atoms with Gasteiger partial charge in [-0.3, -0.25) is 14.4 Å². The number of allylic oxidation sites excluding steroid dienone is 12. The van der Waals surface area contributed by atoms with Gasteiger partial charge >= 0.3 is 17.9 Å². The maximum Gasteiger partial charge on any atom is 0.328 e. The molecule has 2 bridgehead atoms. The molecule has 20 atom stereocenters. The van der Waals surface area contributed by atoms with Crippen LogP contribution >= 0.6 is 0 Å². The van der Waals surface area contributed by atoms with Gasteiger partial charge in [0.05, 0.1) is 86.7 Å². The predicted molar refractivity (Wildman–Crippen MR) is 270 cm³/mol. The highest BCUT2D eigenvalue weighted by molar-refractivity contribution is 5.87. The minimum atomic E-state index is -2.33. The third-order valence-corrected chi connectivity index (χ3v) is 13.5. The van der Waals surface area contributed by atoms with Crippen molar-refractivity contribution in [3.05, 3.63) is 85.1 Å². The van der Waals surface area contributed by atoms with Crippen molar-refractivity contribution in [2.45, 2.75) is 195 Å². The van der Waals surface area contributed by atoms with Crippen LogP contribution in [0.5, 0.6) is 0 Å². The summed E-state index contributed by atoms with van der Waals surface area (Å²) in [4.78, 5) is 46.4. The maximum atomic E-state index is 12.6. The minimum absolute atomic E-state index is 0.0737. The first-order valence-corrected chi connectivity index (χ1v) is 25.4. The second kappa shape index (κ2) is 32.3. The van der Waals surface area contributed by atoms with Crippen molar-refractivity contribution in [3.8, 4) is 0 Å². The molecular formula is C53H82N2O20. The zero-order valence-corrected chi connectivity index (χ0v) is 43.3. The first kappa shape index (κ1) is 64.8. The lowest BCUT2D eigenvalue weighted by Gasteiger charge is -2.45. The molecule has 0 saturated carbocycles. The number of aliphatic carboxylic acids is 1. The highest BCUT2D eigenvalue weighted by atomic mass is 16.7. The number of esters is 2. The molecule has 0 spiro atoms. The quantitative estimate of drug-likeness (QED) is 0.167. The summed E-state index contributed by atoms with van der Waals surface area (Å²) >= 11 is 0. The zero-order valence-electron chi connectivity index (χ0n) is 43.3. The largest absolute Gasteiger partial charge is 0.481 e. The Hall–Kier alpha value is -4.50. The number of cyclic esters (lactones) is 1. The van der Waals surface area contributed by atoms with Crippen molar-refractivity contribution < 1.29 is 99.0 Å². The summed E-state index contributed by atoms with van der Waals surface area (Å²) in [7, 11) is 1.31. The average Bonchev–Trinajstić information content (AvgIpc) is 3.78. The number of rotatable bonds is 4. The van der Waals surface area contributed by atoms with E-state index in [1.54, 1.807) is 80.7 Å². The van der Waals surface area contributed by atoms with Crippen LogP contribution in [0.15, 0.2) is 85.1 Å². The van der Waals surface area contributed by atoms with Gasteiger partial charge in [0.15, 0.2) is 12.1 Å². The number of fused-ring (bicyclic) bond motifs is 2. The van der Waals surface area contributed by atoms with Crippen LogP contribution in [0, 0.1) is 17.8 Å². The number of ether oxygens (including phenoxy) is 5. The summed E-state index contributed by atoms with van der Waals surface area (Å²) in [6, 6.07) is -1.55. The Morgan fingerprint density at radius 1 is 0.680 bits per heavy atom. The molecule has 4 rings (SSSR count). The van der Waals surface area contributed by atoms with Crippen molar-refractivity contribution in [1.29, 1.82) is 0 Å². The molecule has 22 nitrogen and oxygen atoms in total. The third kappa shape index (κ3) is 22.2. The number of aliphatic hydroxyl groups excluding tert-OH is 9. The molecule has 14 N–H and O–H groups in total. The molecule has 4 aliphatic heterocycles. The van der Waals surface area contributed by atoms with Crippen LogP contribution in [0.1, 0.15) is 91.9 Å². The smallest absolute Gasteiger partial charge is 0.328 e. The second-order valence-corrected chi connectivity index (χ2v) is 19.7. The lowest BCUT2D eigenvalue weighted by Crippen LogP contribution is -2.61. The molecule has 4 heterocycles. The van der Waals surface area contributed by atoms with Gasteiger partial charge < -0.3 is 90.9 Å². The van der Waals surface area contributed by atoms with E-state index < -0.39 is 153 Å². The molecule has 0 aromatic rings. The Labute approximate surface area is 438 Å². The summed E-state index contributed by atoms with van der Waals surface area (Å²) in [6.45, 7) is 6.74. The zero-order chi connectivity index (χ0) is 56.0. The Kier molecular flexibility index (Phi) is 27.9. The number of amides is 1. The Morgan fingerprint density at radius 2 is 1.27 bits per heavy atom. The molecule has 0 aromatic heterocycles. The van der Waals surface area contributed by atoms with Gasteiger partial charge in [0.25, 0.3) is 0 Å². The first-order chi connectivity index (χ1) is 35.4. The van der Waals surface area contributed by atoms with Crippen LogP contribution in [-0.2, 0) is 42.9 Å². The summed E-state index contributed by atoms with van der Waals surface area (Å²) in [5.74, 6) is -7.26. The highest BCUT2D eigenvalue weighted by Gasteiger charge is 2.51. The molecule has 0 aliphatic carbocycles. The van der Waals surface area contributed by atoms with E-state index in [2.05, 4.69) is 10.1 Å². The van der Waals surface area contributed by atoms with E-state index >= 15 is 0 Å². The van der Waals surface area contributed by atoms with E-state index in [1.165, 1.54) is 20.1 Å². The van der Waals surface area contributed by atoms with Gasteiger partial charge in [-0.25, -0.2) is 4.79 Å². The van der Waals surface area contributed by atoms with E-state index in [0.717, 1.165) is 0 Å². The van der Waals surface area contributed by atoms with Crippen LogP contribution in [-0.4, -0.2) is 191 Å². The van der Waals surface area contributed by atoms with E-state index in [0.29, 0.717) is 12.8 Å². The van der Waals surface area contributed by atoms with Gasteiger partial charge in [-0.2, -0.15) is 0 Å². The van der Waals surface area contributed by atoms with Gasteiger partial charge in [-0.05, 0) is 39.5 Å². The van der Waals surface area contributed by atoms with Gasteiger partial charge in [0, 0.05) is 43.9 Å². The van der Waals surface area contributed by atoms with E-state index in [9.17, 15) is 75.3 Å². The highest BCUT2D eigenvalue weighted by Crippen LogP contribution is 2.38. The monoisotopic (exact) mass is 1070 g/mol. The second-order valence-electron chi connectivity index (χ2n) is 19.7. The fourth-order valence-electron chi connectivity index (χ4n) is 8.90. The number of nitrogens with one attached hydrogen (secondary N) is 1. The van der Waals surface area contributed by atoms with Gasteiger partial charge in [0.1, 0.15) is 24.2 Å². The van der Waals surface area contributed by atoms with Gasteiger partial charge in [-0.15, -0.1) is 0 Å². The molecule has 4 aliphatic rings. The number of carbonyl (C=O) groups is 4. The summed E-state index contributed by atoms with van der Waals surface area (Å²) in [5, 5.41) is 121. The van der Waals surface area contributed by atoms with Gasteiger partial charge in [0.2, 0.25) is 5.91 Å². The molecular weight excluding hydrogens is 985 g/mol. The number of hydrogen-bond donors (Lipinski definition) is 13. The SMILES string of the molecule is CC1/C=C/C=C/C=C/C=C/C=C/C=C/C=C/[C@H](O[C@@H]2O[C@H](C)[C@@H](O)[C@H](N)[C@@H]2O)C[C@@H]2OC(O)(C[C@@H](O)C[C@@H](O)[C@H](O)CC[C@@H](O)C[C@@H](O)CC(=O)O[C@@H](C)[C@H](C)[C@@H]1O)C[C@H](O)C2C(=O)O.COC(=O)[C@@H]1CCC(=O)N1. The first-order valence-electron chi connectivity index (χ1n) is 25.4. The van der Waals surface area contributed by atoms with E-state index in [-0.39, 0.29) is 43.5 Å². The van der Waals surface area contributed by atoms with Crippen molar-refractivity contribution in [2.24, 2.45) is 23.5 Å². The number of carboxylic acids is 1. The molecule has 0 radical (unpaired) electrons. The minimum Gasteiger partial charge on any atom is -0.481 e. The lowest BCUT2D eigenvalue weighted by atomic mass is 9.82. The van der Waals surface area contributed by atoms with Crippen LogP contribution in [0.4, 0.5) is 0 Å². The molecule has 1 amide bonds. The molecule has 22 heteroatoms. The molecule has 424 valence electrons. The summed E-state index contributed by atoms with van der Waals surface area (Å²) in [6.07, 6.45) is 4.45. The number of hydrogen-bond acceptors (Lipinski definition) is 20. The number of carboxylic acid groups (broad SMARTS) is 1. The fraction of sp³-hybridized carbons (Fsp3) is 0.660. The van der Waals surface area contributed by atoms with E-state index in [1.807, 2.05) is 19.1 Å². The Morgan fingerprint density at radius 3 is 1.83 bits per heavy atom. The van der Waals surface area contributed by atoms with Gasteiger partial charge in [-0.1, -0.05) is 98.9 Å².